The highest BCUT2D eigenvalue weighted by Crippen LogP contribution is 2.38. The van der Waals surface area contributed by atoms with E-state index in [1.54, 1.807) is 41.5 Å². The first kappa shape index (κ1) is 24.5. The van der Waals surface area contributed by atoms with Crippen LogP contribution < -0.4 is 0 Å². The highest BCUT2D eigenvalue weighted by atomic mass is 35.5. The van der Waals surface area contributed by atoms with Crippen LogP contribution in [-0.2, 0) is 11.5 Å². The minimum atomic E-state index is -1.15. The predicted molar refractivity (Wildman–Crippen MR) is 140 cm³/mol. The highest BCUT2D eigenvalue weighted by molar-refractivity contribution is 7.19. The number of aromatic nitrogens is 4. The summed E-state index contributed by atoms with van der Waals surface area (Å²) in [6.45, 7) is 9.95. The van der Waals surface area contributed by atoms with E-state index in [1.807, 2.05) is 25.1 Å². The molecule has 9 heteroatoms. The third-order valence-corrected chi connectivity index (χ3v) is 8.36. The molecule has 0 aliphatic rings. The summed E-state index contributed by atoms with van der Waals surface area (Å²) < 4.78 is 7.48. The van der Waals surface area contributed by atoms with Crippen molar-refractivity contribution >= 4 is 36.8 Å². The number of nitrogens with zero attached hydrogens (tertiary/aromatic N) is 4. The number of ether oxygens (including phenoxy) is 1. The van der Waals surface area contributed by atoms with E-state index < -0.39 is 8.07 Å². The molecule has 176 valence electrons. The topological polar surface area (TPSA) is 69.9 Å². The first-order chi connectivity index (χ1) is 16.2. The number of thiophene rings is 1. The zero-order valence-electron chi connectivity index (χ0n) is 19.7. The second-order valence-corrected chi connectivity index (χ2v) is 16.4. The molecule has 34 heavy (non-hydrogen) atoms. The number of halogens is 1. The second-order valence-electron chi connectivity index (χ2n) is 9.33. The van der Waals surface area contributed by atoms with Gasteiger partial charge in [0.25, 0.3) is 0 Å². The van der Waals surface area contributed by atoms with Gasteiger partial charge in [-0.2, -0.15) is 0 Å². The molecule has 1 aromatic carbocycles. The van der Waals surface area contributed by atoms with Crippen molar-refractivity contribution in [2.45, 2.75) is 39.3 Å². The van der Waals surface area contributed by atoms with Crippen LogP contribution in [0.4, 0.5) is 0 Å². The Morgan fingerprint density at radius 2 is 1.88 bits per heavy atom. The zero-order chi connectivity index (χ0) is 24.3. The molecule has 0 amide bonds. The average molecular weight is 511 g/mol. The van der Waals surface area contributed by atoms with Gasteiger partial charge in [-0.25, -0.2) is 9.67 Å². The maximum absolute atomic E-state index is 13.4. The molecule has 6 nitrogen and oxygen atoms in total. The smallest absolute Gasteiger partial charge is 0.194 e. The number of aryl methyl sites for hydroxylation is 1. The van der Waals surface area contributed by atoms with E-state index in [0.717, 1.165) is 27.1 Å². The van der Waals surface area contributed by atoms with Gasteiger partial charge in [0.2, 0.25) is 0 Å². The molecule has 0 radical (unpaired) electrons. The molecule has 3 aromatic heterocycles. The van der Waals surface area contributed by atoms with Crippen molar-refractivity contribution in [1.82, 2.24) is 19.7 Å². The van der Waals surface area contributed by atoms with Gasteiger partial charge in [-0.3, -0.25) is 9.78 Å². The molecule has 0 aliphatic carbocycles. The maximum Gasteiger partial charge on any atom is 0.194 e. The molecule has 0 bridgehead atoms. The van der Waals surface area contributed by atoms with Crippen molar-refractivity contribution in [2.75, 3.05) is 6.61 Å². The number of carbonyl (C=O) groups excluding carboxylic acids is 1. The molecule has 0 spiro atoms. The molecule has 0 unspecified atom stereocenters. The van der Waals surface area contributed by atoms with Crippen LogP contribution in [0.2, 0.25) is 30.7 Å². The second kappa shape index (κ2) is 10.3. The summed E-state index contributed by atoms with van der Waals surface area (Å²) in [5, 5.41) is 5.19. The molecular weight excluding hydrogens is 484 g/mol. The summed E-state index contributed by atoms with van der Waals surface area (Å²) in [5.74, 6) is 0.413. The zero-order valence-corrected chi connectivity index (χ0v) is 22.3. The first-order valence-electron chi connectivity index (χ1n) is 11.0. The van der Waals surface area contributed by atoms with Crippen LogP contribution in [0.1, 0.15) is 21.6 Å². The van der Waals surface area contributed by atoms with E-state index >= 15 is 0 Å². The summed E-state index contributed by atoms with van der Waals surface area (Å²) in [7, 11) is -1.15. The van der Waals surface area contributed by atoms with Crippen molar-refractivity contribution in [1.29, 1.82) is 0 Å². The van der Waals surface area contributed by atoms with Crippen molar-refractivity contribution in [2.24, 2.45) is 0 Å². The fourth-order valence-corrected chi connectivity index (χ4v) is 5.29. The highest BCUT2D eigenvalue weighted by Gasteiger charge is 2.22. The molecule has 0 aliphatic heterocycles. The number of rotatable bonds is 9. The average Bonchev–Trinajstić information content (AvgIpc) is 3.43. The standard InChI is InChI=1S/C25H27ClN4O2SSi/c1-17-13-19(9-10-27-17)22-14-21(23(31)18-5-7-20(26)8-6-18)24(33-22)25-28-15-30(29-25)16-32-11-12-34(2,3)4/h5-10,13-15H,11-12,16H2,1-4H3. The van der Waals surface area contributed by atoms with E-state index in [0.29, 0.717) is 35.3 Å². The van der Waals surface area contributed by atoms with Gasteiger partial charge in [0.05, 0.1) is 4.88 Å². The summed E-state index contributed by atoms with van der Waals surface area (Å²) >= 11 is 7.52. The van der Waals surface area contributed by atoms with Crippen LogP contribution in [0.15, 0.2) is 55.0 Å². The maximum atomic E-state index is 13.4. The number of pyridine rings is 1. The minimum Gasteiger partial charge on any atom is -0.359 e. The normalized spacial score (nSPS) is 11.7. The molecule has 0 saturated carbocycles. The lowest BCUT2D eigenvalue weighted by Crippen LogP contribution is -2.22. The lowest BCUT2D eigenvalue weighted by atomic mass is 10.0. The van der Waals surface area contributed by atoms with Gasteiger partial charge < -0.3 is 4.74 Å². The number of carbonyl (C=O) groups is 1. The largest absolute Gasteiger partial charge is 0.359 e. The molecule has 4 aromatic rings. The van der Waals surface area contributed by atoms with E-state index in [-0.39, 0.29) is 5.78 Å². The van der Waals surface area contributed by atoms with Crippen molar-refractivity contribution in [3.05, 3.63) is 76.8 Å². The molecule has 3 heterocycles. The fraction of sp³-hybridized carbons (Fsp3) is 0.280. The van der Waals surface area contributed by atoms with E-state index in [1.165, 1.54) is 11.3 Å². The number of benzene rings is 1. The van der Waals surface area contributed by atoms with E-state index in [4.69, 9.17) is 16.3 Å². The summed E-state index contributed by atoms with van der Waals surface area (Å²) in [4.78, 5) is 23.9. The number of hydrogen-bond acceptors (Lipinski definition) is 6. The molecule has 0 atom stereocenters. The van der Waals surface area contributed by atoms with Crippen LogP contribution in [0.25, 0.3) is 21.1 Å². The number of ketones is 1. The molecule has 0 saturated heterocycles. The van der Waals surface area contributed by atoms with Gasteiger partial charge in [-0.1, -0.05) is 31.2 Å². The van der Waals surface area contributed by atoms with Gasteiger partial charge in [0.15, 0.2) is 11.6 Å². The Kier molecular flexibility index (Phi) is 7.42. The van der Waals surface area contributed by atoms with Crippen molar-refractivity contribution in [3.8, 4) is 21.1 Å². The van der Waals surface area contributed by atoms with E-state index in [2.05, 4.69) is 34.7 Å². The molecular formula is C25H27ClN4O2SSi. The van der Waals surface area contributed by atoms with Crippen LogP contribution in [0.5, 0.6) is 0 Å². The monoisotopic (exact) mass is 510 g/mol. The SMILES string of the molecule is Cc1cc(-c2cc(C(=O)c3ccc(Cl)cc3)c(-c3ncn(COCC[Si](C)(C)C)n3)s2)ccn1. The van der Waals surface area contributed by atoms with Gasteiger partial charge in [-0.15, -0.1) is 16.4 Å². The summed E-state index contributed by atoms with van der Waals surface area (Å²) in [5.41, 5.74) is 3.04. The molecule has 4 rings (SSSR count). The minimum absolute atomic E-state index is 0.0947. The van der Waals surface area contributed by atoms with Crippen LogP contribution in [0.3, 0.4) is 0 Å². The quantitative estimate of drug-likeness (QED) is 0.144. The Labute approximate surface area is 209 Å². The van der Waals surface area contributed by atoms with Gasteiger partial charge in [0, 0.05) is 47.6 Å². The Balaban J connectivity index is 1.65. The van der Waals surface area contributed by atoms with Crippen LogP contribution >= 0.6 is 22.9 Å². The Bertz CT molecular complexity index is 1290. The summed E-state index contributed by atoms with van der Waals surface area (Å²) in [6.07, 6.45) is 3.42. The third kappa shape index (κ3) is 6.07. The lowest BCUT2D eigenvalue weighted by molar-refractivity contribution is 0.0785. The van der Waals surface area contributed by atoms with Gasteiger partial charge in [0.1, 0.15) is 13.1 Å². The van der Waals surface area contributed by atoms with E-state index in [9.17, 15) is 4.79 Å². The Morgan fingerprint density at radius 3 is 2.59 bits per heavy atom. The fourth-order valence-electron chi connectivity index (χ4n) is 3.32. The predicted octanol–water partition coefficient (Wildman–Crippen LogP) is 6.57. The summed E-state index contributed by atoms with van der Waals surface area (Å²) in [6, 6.07) is 13.9. The number of hydrogen-bond donors (Lipinski definition) is 0. The Morgan fingerprint density at radius 1 is 1.12 bits per heavy atom. The lowest BCUT2D eigenvalue weighted by Gasteiger charge is -2.15. The molecule has 0 fully saturated rings. The van der Waals surface area contributed by atoms with Gasteiger partial charge >= 0.3 is 0 Å². The van der Waals surface area contributed by atoms with Gasteiger partial charge in [-0.05, 0) is 61.0 Å². The molecule has 0 N–H and O–H groups in total. The van der Waals surface area contributed by atoms with Crippen molar-refractivity contribution < 1.29 is 9.53 Å². The Hall–Kier alpha value is -2.65. The van der Waals surface area contributed by atoms with Crippen LogP contribution in [0, 0.1) is 6.92 Å². The van der Waals surface area contributed by atoms with Crippen molar-refractivity contribution in [3.63, 3.8) is 0 Å². The first-order valence-corrected chi connectivity index (χ1v) is 15.9. The third-order valence-electron chi connectivity index (χ3n) is 5.22. The van der Waals surface area contributed by atoms with Crippen LogP contribution in [-0.4, -0.2) is 40.2 Å².